The number of aliphatic imine (C=N–C) groups is 2. The second-order valence-electron chi connectivity index (χ2n) is 6.36. The zero-order valence-electron chi connectivity index (χ0n) is 15.5. The summed E-state index contributed by atoms with van der Waals surface area (Å²) in [6.45, 7) is 7.18. The largest absolute Gasteiger partial charge is 0.378 e. The summed E-state index contributed by atoms with van der Waals surface area (Å²) in [5.74, 6) is 1.17. The van der Waals surface area contributed by atoms with E-state index in [2.05, 4.69) is 44.1 Å². The predicted octanol–water partition coefficient (Wildman–Crippen LogP) is 0.598. The van der Waals surface area contributed by atoms with E-state index in [1.54, 1.807) is 0 Å². The van der Waals surface area contributed by atoms with E-state index in [1.807, 2.05) is 0 Å². The second-order valence-corrected chi connectivity index (χ2v) is 6.36. The molecule has 2 aliphatic heterocycles. The van der Waals surface area contributed by atoms with Crippen molar-refractivity contribution < 1.29 is 9.47 Å². The lowest BCUT2D eigenvalue weighted by molar-refractivity contribution is 0.0673. The van der Waals surface area contributed by atoms with Gasteiger partial charge in [-0.05, 0) is 11.1 Å². The average molecular weight is 488 g/mol. The van der Waals surface area contributed by atoms with E-state index in [4.69, 9.17) is 20.9 Å². The molecule has 0 unspecified atom stereocenters. The highest BCUT2D eigenvalue weighted by atomic mass is 127. The van der Waals surface area contributed by atoms with Crippen molar-refractivity contribution in [3.63, 3.8) is 0 Å². The van der Waals surface area contributed by atoms with Crippen LogP contribution >= 0.6 is 24.0 Å². The Morgan fingerprint density at radius 2 is 1.07 bits per heavy atom. The summed E-state index contributed by atoms with van der Waals surface area (Å²) in [7, 11) is 0. The van der Waals surface area contributed by atoms with Gasteiger partial charge in [0.25, 0.3) is 0 Å². The lowest BCUT2D eigenvalue weighted by atomic mass is 10.1. The SMILES string of the molecule is I.NC(=NCc1ccc(CN=C(N)N2CCOCC2)cc1)N1CCOCC1. The number of morpholine rings is 2. The molecule has 3 rings (SSSR count). The fourth-order valence-electron chi connectivity index (χ4n) is 2.88. The van der Waals surface area contributed by atoms with E-state index in [9.17, 15) is 0 Å². The minimum atomic E-state index is 0. The fraction of sp³-hybridized carbons (Fsp3) is 0.556. The van der Waals surface area contributed by atoms with E-state index in [-0.39, 0.29) is 24.0 Å². The van der Waals surface area contributed by atoms with Crippen molar-refractivity contribution in [3.05, 3.63) is 35.4 Å². The molecule has 1 aromatic carbocycles. The molecular weight excluding hydrogens is 459 g/mol. The van der Waals surface area contributed by atoms with Gasteiger partial charge in [-0.15, -0.1) is 24.0 Å². The van der Waals surface area contributed by atoms with Crippen LogP contribution in [0.3, 0.4) is 0 Å². The van der Waals surface area contributed by atoms with E-state index in [0.717, 1.165) is 37.3 Å². The molecule has 0 atom stereocenters. The summed E-state index contributed by atoms with van der Waals surface area (Å²) in [6, 6.07) is 8.25. The summed E-state index contributed by atoms with van der Waals surface area (Å²) in [6.07, 6.45) is 0. The van der Waals surface area contributed by atoms with Crippen LogP contribution in [0.4, 0.5) is 0 Å². The average Bonchev–Trinajstić information content (AvgIpc) is 2.72. The Morgan fingerprint density at radius 3 is 1.41 bits per heavy atom. The van der Waals surface area contributed by atoms with Gasteiger partial charge >= 0.3 is 0 Å². The molecule has 2 fully saturated rings. The van der Waals surface area contributed by atoms with E-state index < -0.39 is 0 Å². The van der Waals surface area contributed by atoms with Crippen molar-refractivity contribution >= 4 is 35.9 Å². The Kier molecular flexibility index (Phi) is 9.08. The first-order valence-electron chi connectivity index (χ1n) is 9.05. The Morgan fingerprint density at radius 1 is 0.741 bits per heavy atom. The molecule has 0 radical (unpaired) electrons. The lowest BCUT2D eigenvalue weighted by Gasteiger charge is -2.27. The van der Waals surface area contributed by atoms with Crippen molar-refractivity contribution in [2.75, 3.05) is 52.6 Å². The molecule has 1 aromatic rings. The number of hydrogen-bond acceptors (Lipinski definition) is 4. The molecule has 0 aliphatic carbocycles. The van der Waals surface area contributed by atoms with Crippen LogP contribution in [0.15, 0.2) is 34.3 Å². The topological polar surface area (TPSA) is 102 Å². The van der Waals surface area contributed by atoms with Gasteiger partial charge in [0, 0.05) is 26.2 Å². The van der Waals surface area contributed by atoms with Gasteiger partial charge in [-0.25, -0.2) is 9.98 Å². The molecule has 0 spiro atoms. The summed E-state index contributed by atoms with van der Waals surface area (Å²) in [5.41, 5.74) is 14.3. The zero-order valence-corrected chi connectivity index (χ0v) is 17.9. The van der Waals surface area contributed by atoms with Crippen LogP contribution in [0.25, 0.3) is 0 Å². The van der Waals surface area contributed by atoms with E-state index >= 15 is 0 Å². The van der Waals surface area contributed by atoms with Crippen LogP contribution in [0, 0.1) is 0 Å². The third-order valence-corrected chi connectivity index (χ3v) is 4.54. The van der Waals surface area contributed by atoms with Crippen LogP contribution < -0.4 is 11.5 Å². The van der Waals surface area contributed by atoms with Gasteiger partial charge in [-0.3, -0.25) is 0 Å². The number of rotatable bonds is 4. The molecule has 2 heterocycles. The Balaban J connectivity index is 0.00000261. The summed E-state index contributed by atoms with van der Waals surface area (Å²) in [4.78, 5) is 13.1. The Labute approximate surface area is 177 Å². The molecule has 4 N–H and O–H groups in total. The molecule has 9 heteroatoms. The number of ether oxygens (including phenoxy) is 2. The van der Waals surface area contributed by atoms with Crippen LogP contribution in [0.5, 0.6) is 0 Å². The minimum Gasteiger partial charge on any atom is -0.378 e. The molecule has 150 valence electrons. The van der Waals surface area contributed by atoms with Gasteiger partial charge in [0.15, 0.2) is 11.9 Å². The number of halogens is 1. The molecule has 8 nitrogen and oxygen atoms in total. The highest BCUT2D eigenvalue weighted by molar-refractivity contribution is 14.0. The summed E-state index contributed by atoms with van der Waals surface area (Å²) in [5, 5.41) is 0. The van der Waals surface area contributed by atoms with Gasteiger partial charge in [0.1, 0.15) is 0 Å². The van der Waals surface area contributed by atoms with Crippen molar-refractivity contribution in [1.82, 2.24) is 9.80 Å². The first-order valence-corrected chi connectivity index (χ1v) is 9.05. The van der Waals surface area contributed by atoms with Crippen molar-refractivity contribution in [1.29, 1.82) is 0 Å². The predicted molar refractivity (Wildman–Crippen MR) is 117 cm³/mol. The maximum atomic E-state index is 6.05. The first-order chi connectivity index (χ1) is 12.7. The zero-order chi connectivity index (χ0) is 18.2. The van der Waals surface area contributed by atoms with Gasteiger partial charge in [0.2, 0.25) is 0 Å². The number of hydrogen-bond donors (Lipinski definition) is 2. The summed E-state index contributed by atoms with van der Waals surface area (Å²) >= 11 is 0. The fourth-order valence-corrected chi connectivity index (χ4v) is 2.88. The van der Waals surface area contributed by atoms with Crippen molar-refractivity contribution in [2.45, 2.75) is 13.1 Å². The molecule has 0 aromatic heterocycles. The monoisotopic (exact) mass is 488 g/mol. The smallest absolute Gasteiger partial charge is 0.191 e. The van der Waals surface area contributed by atoms with Crippen LogP contribution in [0.2, 0.25) is 0 Å². The normalized spacial score (nSPS) is 19.0. The van der Waals surface area contributed by atoms with Gasteiger partial charge < -0.3 is 30.7 Å². The van der Waals surface area contributed by atoms with E-state index in [0.29, 0.717) is 51.4 Å². The Hall–Kier alpha value is -1.59. The lowest BCUT2D eigenvalue weighted by Crippen LogP contribution is -2.44. The molecule has 0 saturated carbocycles. The molecule has 0 amide bonds. The first kappa shape index (κ1) is 21.7. The third-order valence-electron chi connectivity index (χ3n) is 4.54. The number of nitrogens with zero attached hydrogens (tertiary/aromatic N) is 4. The molecule has 2 aliphatic rings. The molecular formula is C18H29IN6O2. The van der Waals surface area contributed by atoms with Crippen molar-refractivity contribution in [2.24, 2.45) is 21.5 Å². The van der Waals surface area contributed by atoms with E-state index in [1.165, 1.54) is 0 Å². The minimum absolute atomic E-state index is 0. The summed E-state index contributed by atoms with van der Waals surface area (Å²) < 4.78 is 10.6. The Bertz CT molecular complexity index is 570. The van der Waals surface area contributed by atoms with Gasteiger partial charge in [-0.2, -0.15) is 0 Å². The number of benzene rings is 1. The molecule has 2 saturated heterocycles. The highest BCUT2D eigenvalue weighted by Crippen LogP contribution is 2.08. The third kappa shape index (κ3) is 6.82. The van der Waals surface area contributed by atoms with Crippen LogP contribution in [-0.2, 0) is 22.6 Å². The maximum Gasteiger partial charge on any atom is 0.191 e. The molecule has 27 heavy (non-hydrogen) atoms. The van der Waals surface area contributed by atoms with Crippen LogP contribution in [-0.4, -0.2) is 74.3 Å². The number of nitrogens with two attached hydrogens (primary N) is 2. The standard InChI is InChI=1S/C18H28N6O2.HI/c19-17(23-5-9-25-10-6-23)21-13-15-1-2-16(4-3-15)14-22-18(20)24-7-11-26-12-8-24;/h1-4H,5-14H2,(H2,19,21)(H2,20,22);1H. The molecule has 0 bridgehead atoms. The highest BCUT2D eigenvalue weighted by Gasteiger charge is 2.12. The van der Waals surface area contributed by atoms with Gasteiger partial charge in [-0.1, -0.05) is 24.3 Å². The van der Waals surface area contributed by atoms with Crippen LogP contribution in [0.1, 0.15) is 11.1 Å². The second kappa shape index (κ2) is 11.3. The van der Waals surface area contributed by atoms with Crippen molar-refractivity contribution in [3.8, 4) is 0 Å². The quantitative estimate of drug-likeness (QED) is 0.366. The van der Waals surface area contributed by atoms with Gasteiger partial charge in [0.05, 0.1) is 39.5 Å². The number of guanidine groups is 2. The maximum absolute atomic E-state index is 6.05.